The van der Waals surface area contributed by atoms with Crippen LogP contribution in [0.1, 0.15) is 37.9 Å². The van der Waals surface area contributed by atoms with Crippen molar-refractivity contribution in [3.8, 4) is 0 Å². The molecule has 0 spiro atoms. The van der Waals surface area contributed by atoms with Crippen molar-refractivity contribution in [2.75, 3.05) is 27.2 Å². The van der Waals surface area contributed by atoms with E-state index in [4.69, 9.17) is 0 Å². The van der Waals surface area contributed by atoms with Crippen molar-refractivity contribution in [3.05, 3.63) is 35.4 Å². The van der Waals surface area contributed by atoms with Gasteiger partial charge in [-0.15, -0.1) is 0 Å². The Morgan fingerprint density at radius 2 is 1.72 bits per heavy atom. The number of rotatable bonds is 5. The molecule has 0 fully saturated rings. The van der Waals surface area contributed by atoms with E-state index in [9.17, 15) is 0 Å². The van der Waals surface area contributed by atoms with E-state index in [1.165, 1.54) is 11.1 Å². The summed E-state index contributed by atoms with van der Waals surface area (Å²) < 4.78 is 0. The predicted molar refractivity (Wildman–Crippen MR) is 79.9 cm³/mol. The van der Waals surface area contributed by atoms with E-state index < -0.39 is 0 Å². The number of benzene rings is 1. The number of aryl methyl sites for hydroxylation is 1. The van der Waals surface area contributed by atoms with Crippen molar-refractivity contribution >= 4 is 0 Å². The van der Waals surface area contributed by atoms with E-state index in [2.05, 4.69) is 69.2 Å². The van der Waals surface area contributed by atoms with Crippen LogP contribution in [0.25, 0.3) is 0 Å². The van der Waals surface area contributed by atoms with Crippen LogP contribution in [0.4, 0.5) is 0 Å². The number of hydrogen-bond acceptors (Lipinski definition) is 2. The van der Waals surface area contributed by atoms with Gasteiger partial charge in [-0.05, 0) is 32.0 Å². The summed E-state index contributed by atoms with van der Waals surface area (Å²) in [6.07, 6.45) is 0. The third-order valence-corrected chi connectivity index (χ3v) is 3.07. The lowest BCUT2D eigenvalue weighted by Crippen LogP contribution is -2.36. The first-order valence-electron chi connectivity index (χ1n) is 6.74. The lowest BCUT2D eigenvalue weighted by Gasteiger charge is -2.30. The molecule has 2 heteroatoms. The second-order valence-corrected chi connectivity index (χ2v) is 6.51. The standard InChI is InChI=1S/C16H28N2/c1-13-7-9-14(10-8-13)15(17-5)11-18(6)12-16(2,3)4/h7-10,15,17H,11-12H2,1-6H3. The van der Waals surface area contributed by atoms with E-state index >= 15 is 0 Å². The zero-order valence-electron chi connectivity index (χ0n) is 12.7. The molecule has 0 saturated carbocycles. The minimum absolute atomic E-state index is 0.348. The summed E-state index contributed by atoms with van der Waals surface area (Å²) in [5.74, 6) is 0. The highest BCUT2D eigenvalue weighted by molar-refractivity contribution is 5.24. The first-order valence-corrected chi connectivity index (χ1v) is 6.74. The Morgan fingerprint density at radius 1 is 1.17 bits per heavy atom. The fourth-order valence-corrected chi connectivity index (χ4v) is 2.35. The first kappa shape index (κ1) is 15.2. The fraction of sp³-hybridized carbons (Fsp3) is 0.625. The minimum atomic E-state index is 0.348. The van der Waals surface area contributed by atoms with E-state index in [0.29, 0.717) is 11.5 Å². The number of nitrogens with zero attached hydrogens (tertiary/aromatic N) is 1. The molecule has 1 aromatic carbocycles. The maximum atomic E-state index is 3.41. The molecule has 2 nitrogen and oxygen atoms in total. The van der Waals surface area contributed by atoms with Crippen LogP contribution in [0, 0.1) is 12.3 Å². The zero-order chi connectivity index (χ0) is 13.8. The molecular weight excluding hydrogens is 220 g/mol. The maximum Gasteiger partial charge on any atom is 0.0446 e. The smallest absolute Gasteiger partial charge is 0.0446 e. The molecule has 1 atom stereocenters. The van der Waals surface area contributed by atoms with Crippen LogP contribution in [0.5, 0.6) is 0 Å². The van der Waals surface area contributed by atoms with E-state index in [-0.39, 0.29) is 0 Å². The normalized spacial score (nSPS) is 13.9. The molecule has 1 rings (SSSR count). The Labute approximate surface area is 112 Å². The first-order chi connectivity index (χ1) is 8.31. The summed E-state index contributed by atoms with van der Waals surface area (Å²) in [6.45, 7) is 11.1. The molecule has 0 aliphatic heterocycles. The SMILES string of the molecule is CNC(CN(C)CC(C)(C)C)c1ccc(C)cc1. The molecule has 0 heterocycles. The Hall–Kier alpha value is -0.860. The Kier molecular flexibility index (Phi) is 5.36. The third kappa shape index (κ3) is 5.19. The van der Waals surface area contributed by atoms with Crippen molar-refractivity contribution < 1.29 is 0 Å². The van der Waals surface area contributed by atoms with Gasteiger partial charge in [0.05, 0.1) is 0 Å². The van der Waals surface area contributed by atoms with Gasteiger partial charge >= 0.3 is 0 Å². The Bertz CT molecular complexity index is 348. The van der Waals surface area contributed by atoms with Gasteiger partial charge in [0, 0.05) is 19.1 Å². The van der Waals surface area contributed by atoms with Crippen LogP contribution in [-0.4, -0.2) is 32.1 Å². The lowest BCUT2D eigenvalue weighted by molar-refractivity contribution is 0.210. The van der Waals surface area contributed by atoms with Gasteiger partial charge in [0.15, 0.2) is 0 Å². The van der Waals surface area contributed by atoms with Gasteiger partial charge in [-0.2, -0.15) is 0 Å². The number of nitrogens with one attached hydrogen (secondary N) is 1. The monoisotopic (exact) mass is 248 g/mol. The van der Waals surface area contributed by atoms with Crippen molar-refractivity contribution in [2.24, 2.45) is 5.41 Å². The summed E-state index contributed by atoms with van der Waals surface area (Å²) in [5, 5.41) is 3.41. The van der Waals surface area contributed by atoms with Crippen LogP contribution in [-0.2, 0) is 0 Å². The molecule has 0 bridgehead atoms. The van der Waals surface area contributed by atoms with Gasteiger partial charge in [0.25, 0.3) is 0 Å². The topological polar surface area (TPSA) is 15.3 Å². The van der Waals surface area contributed by atoms with Crippen LogP contribution < -0.4 is 5.32 Å². The summed E-state index contributed by atoms with van der Waals surface area (Å²) in [6, 6.07) is 9.22. The molecule has 1 unspecified atom stereocenters. The molecule has 0 aliphatic carbocycles. The van der Waals surface area contributed by atoms with Gasteiger partial charge in [-0.25, -0.2) is 0 Å². The molecule has 0 aromatic heterocycles. The van der Waals surface area contributed by atoms with Crippen molar-refractivity contribution in [1.82, 2.24) is 10.2 Å². The second kappa shape index (κ2) is 6.35. The predicted octanol–water partition coefficient (Wildman–Crippen LogP) is 3.23. The highest BCUT2D eigenvalue weighted by Gasteiger charge is 2.17. The largest absolute Gasteiger partial charge is 0.312 e. The van der Waals surface area contributed by atoms with Gasteiger partial charge in [-0.3, -0.25) is 0 Å². The summed E-state index contributed by atoms with van der Waals surface area (Å²) >= 11 is 0. The molecule has 18 heavy (non-hydrogen) atoms. The van der Waals surface area contributed by atoms with Gasteiger partial charge in [0.2, 0.25) is 0 Å². The fourth-order valence-electron chi connectivity index (χ4n) is 2.35. The Morgan fingerprint density at radius 3 is 2.17 bits per heavy atom. The molecule has 0 saturated heterocycles. The lowest BCUT2D eigenvalue weighted by atomic mass is 9.95. The van der Waals surface area contributed by atoms with E-state index in [1.807, 2.05) is 7.05 Å². The molecule has 1 aromatic rings. The van der Waals surface area contributed by atoms with Crippen molar-refractivity contribution in [2.45, 2.75) is 33.7 Å². The van der Waals surface area contributed by atoms with Gasteiger partial charge in [-0.1, -0.05) is 50.6 Å². The van der Waals surface area contributed by atoms with Crippen molar-refractivity contribution in [3.63, 3.8) is 0 Å². The van der Waals surface area contributed by atoms with Gasteiger partial charge < -0.3 is 10.2 Å². The molecular formula is C16H28N2. The summed E-state index contributed by atoms with van der Waals surface area (Å²) in [5.41, 5.74) is 3.03. The van der Waals surface area contributed by atoms with Gasteiger partial charge in [0.1, 0.15) is 0 Å². The molecule has 1 N–H and O–H groups in total. The highest BCUT2D eigenvalue weighted by Crippen LogP contribution is 2.18. The third-order valence-electron chi connectivity index (χ3n) is 3.07. The van der Waals surface area contributed by atoms with Crippen LogP contribution in [0.3, 0.4) is 0 Å². The van der Waals surface area contributed by atoms with Crippen LogP contribution in [0.15, 0.2) is 24.3 Å². The summed E-state index contributed by atoms with van der Waals surface area (Å²) in [7, 11) is 4.24. The minimum Gasteiger partial charge on any atom is -0.312 e. The average Bonchev–Trinajstić information content (AvgIpc) is 2.25. The second-order valence-electron chi connectivity index (χ2n) is 6.51. The number of likely N-dealkylation sites (N-methyl/N-ethyl adjacent to an activating group) is 2. The zero-order valence-corrected chi connectivity index (χ0v) is 12.7. The molecule has 0 amide bonds. The molecule has 102 valence electrons. The highest BCUT2D eigenvalue weighted by atomic mass is 15.1. The maximum absolute atomic E-state index is 3.41. The Balaban J connectivity index is 2.64. The molecule has 0 aliphatic rings. The van der Waals surface area contributed by atoms with Crippen LogP contribution in [0.2, 0.25) is 0 Å². The van der Waals surface area contributed by atoms with E-state index in [1.54, 1.807) is 0 Å². The molecule has 0 radical (unpaired) electrons. The van der Waals surface area contributed by atoms with Crippen LogP contribution >= 0.6 is 0 Å². The number of hydrogen-bond donors (Lipinski definition) is 1. The summed E-state index contributed by atoms with van der Waals surface area (Å²) in [4.78, 5) is 2.40. The quantitative estimate of drug-likeness (QED) is 0.860. The average molecular weight is 248 g/mol. The van der Waals surface area contributed by atoms with E-state index in [0.717, 1.165) is 13.1 Å². The van der Waals surface area contributed by atoms with Crippen molar-refractivity contribution in [1.29, 1.82) is 0 Å².